The van der Waals surface area contributed by atoms with E-state index in [1.807, 2.05) is 13.8 Å². The van der Waals surface area contributed by atoms with E-state index in [2.05, 4.69) is 4.74 Å². The highest BCUT2D eigenvalue weighted by atomic mass is 19.4. The Morgan fingerprint density at radius 3 is 1.86 bits per heavy atom. The zero-order valence-electron chi connectivity index (χ0n) is 12.6. The van der Waals surface area contributed by atoms with Crippen molar-refractivity contribution in [2.75, 3.05) is 0 Å². The first kappa shape index (κ1) is 19.1. The monoisotopic (exact) mass is 334 g/mol. The van der Waals surface area contributed by atoms with Gasteiger partial charge in [-0.2, -0.15) is 26.3 Å². The molecule has 1 aliphatic rings. The van der Waals surface area contributed by atoms with Crippen LogP contribution in [0.15, 0.2) is 0 Å². The van der Waals surface area contributed by atoms with Gasteiger partial charge in [0, 0.05) is 0 Å². The predicted molar refractivity (Wildman–Crippen MR) is 66.9 cm³/mol. The molecule has 0 saturated heterocycles. The molecule has 0 aromatic rings. The van der Waals surface area contributed by atoms with Crippen molar-refractivity contribution in [1.82, 2.24) is 0 Å². The fraction of sp³-hybridized carbons (Fsp3) is 0.929. The Balaban J connectivity index is 3.00. The summed E-state index contributed by atoms with van der Waals surface area (Å²) in [6.07, 6.45) is -12.6. The first-order chi connectivity index (χ1) is 9.86. The van der Waals surface area contributed by atoms with Crippen LogP contribution in [0.3, 0.4) is 0 Å². The molecular formula is C14H20F6O2. The van der Waals surface area contributed by atoms with Gasteiger partial charge >= 0.3 is 18.3 Å². The fourth-order valence-electron chi connectivity index (χ4n) is 2.79. The van der Waals surface area contributed by atoms with Crippen LogP contribution < -0.4 is 0 Å². The smallest absolute Gasteiger partial charge is 0.413 e. The molecule has 2 nitrogen and oxygen atoms in total. The number of ether oxygens (including phenoxy) is 1. The lowest BCUT2D eigenvalue weighted by Gasteiger charge is -2.37. The normalized spacial score (nSPS) is 27.6. The highest BCUT2D eigenvalue weighted by Crippen LogP contribution is 2.53. The van der Waals surface area contributed by atoms with E-state index in [9.17, 15) is 31.1 Å². The third kappa shape index (κ3) is 3.35. The second kappa shape index (κ2) is 6.28. The van der Waals surface area contributed by atoms with E-state index in [0.717, 1.165) is 0 Å². The lowest BCUT2D eigenvalue weighted by Crippen LogP contribution is -2.56. The standard InChI is InChI=1S/C14H20F6O2/c1-4-12(13(15,16)17,14(18,19)20)11(21)22-10-6-5-8(2)9(3)7-10/h8-10H,4-7H2,1-3H3/t8-,9-,10-/m1/s1. The summed E-state index contributed by atoms with van der Waals surface area (Å²) in [5.74, 6) is -1.85. The van der Waals surface area contributed by atoms with Crippen molar-refractivity contribution >= 4 is 5.97 Å². The fourth-order valence-corrected chi connectivity index (χ4v) is 2.79. The zero-order chi connectivity index (χ0) is 17.3. The summed E-state index contributed by atoms with van der Waals surface area (Å²) in [5, 5.41) is 0. The Bertz CT molecular complexity index is 387. The van der Waals surface area contributed by atoms with Gasteiger partial charge in [0.15, 0.2) is 0 Å². The van der Waals surface area contributed by atoms with Gasteiger partial charge in [-0.3, -0.25) is 4.79 Å². The van der Waals surface area contributed by atoms with Crippen molar-refractivity contribution < 1.29 is 35.9 Å². The van der Waals surface area contributed by atoms with Crippen LogP contribution in [0.2, 0.25) is 0 Å². The summed E-state index contributed by atoms with van der Waals surface area (Å²) in [5.41, 5.74) is -4.45. The van der Waals surface area contributed by atoms with Gasteiger partial charge in [0.1, 0.15) is 6.10 Å². The van der Waals surface area contributed by atoms with Crippen LogP contribution in [0.25, 0.3) is 0 Å². The van der Waals surface area contributed by atoms with E-state index in [1.54, 1.807) is 0 Å². The number of carbonyl (C=O) groups is 1. The zero-order valence-corrected chi connectivity index (χ0v) is 12.6. The second-order valence-electron chi connectivity index (χ2n) is 6.05. The molecule has 0 N–H and O–H groups in total. The first-order valence-corrected chi connectivity index (χ1v) is 7.21. The summed E-state index contributed by atoms with van der Waals surface area (Å²) in [6, 6.07) is 0. The minimum atomic E-state index is -5.75. The topological polar surface area (TPSA) is 26.3 Å². The Morgan fingerprint density at radius 2 is 1.50 bits per heavy atom. The van der Waals surface area contributed by atoms with Gasteiger partial charge in [-0.25, -0.2) is 0 Å². The van der Waals surface area contributed by atoms with Crippen LogP contribution in [-0.4, -0.2) is 24.4 Å². The van der Waals surface area contributed by atoms with Crippen LogP contribution in [0, 0.1) is 17.3 Å². The predicted octanol–water partition coefficient (Wildman–Crippen LogP) is 4.88. The average Bonchev–Trinajstić information content (AvgIpc) is 2.31. The van der Waals surface area contributed by atoms with Crippen LogP contribution in [-0.2, 0) is 9.53 Å². The van der Waals surface area contributed by atoms with Gasteiger partial charge < -0.3 is 4.74 Å². The van der Waals surface area contributed by atoms with Crippen molar-refractivity contribution in [3.63, 3.8) is 0 Å². The molecule has 0 heterocycles. The maximum atomic E-state index is 13.0. The number of alkyl halides is 6. The molecular weight excluding hydrogens is 314 g/mol. The van der Waals surface area contributed by atoms with Crippen LogP contribution in [0.4, 0.5) is 26.3 Å². The summed E-state index contributed by atoms with van der Waals surface area (Å²) in [4.78, 5) is 11.8. The number of hydrogen-bond acceptors (Lipinski definition) is 2. The van der Waals surface area contributed by atoms with Gasteiger partial charge in [0.2, 0.25) is 0 Å². The molecule has 3 atom stereocenters. The summed E-state index contributed by atoms with van der Waals surface area (Å²) >= 11 is 0. The lowest BCUT2D eigenvalue weighted by molar-refractivity contribution is -0.334. The molecule has 1 aliphatic carbocycles. The molecule has 130 valence electrons. The Morgan fingerprint density at radius 1 is 1.00 bits per heavy atom. The largest absolute Gasteiger partial charge is 0.461 e. The molecule has 1 rings (SSSR count). The number of rotatable bonds is 3. The molecule has 0 unspecified atom stereocenters. The number of hydrogen-bond donors (Lipinski definition) is 0. The van der Waals surface area contributed by atoms with Crippen molar-refractivity contribution in [2.24, 2.45) is 17.3 Å². The van der Waals surface area contributed by atoms with E-state index in [0.29, 0.717) is 19.3 Å². The van der Waals surface area contributed by atoms with E-state index in [-0.39, 0.29) is 18.8 Å². The van der Waals surface area contributed by atoms with Gasteiger partial charge in [0.25, 0.3) is 5.41 Å². The number of halogens is 6. The SMILES string of the molecule is CCC(C(=O)O[C@@H]1CC[C@@H](C)[C@H](C)C1)(C(F)(F)F)C(F)(F)F. The van der Waals surface area contributed by atoms with Gasteiger partial charge in [-0.15, -0.1) is 0 Å². The molecule has 0 aliphatic heterocycles. The van der Waals surface area contributed by atoms with Gasteiger partial charge in [-0.05, 0) is 37.5 Å². The Hall–Kier alpha value is -0.950. The Labute approximate surface area is 125 Å². The molecule has 0 bridgehead atoms. The maximum absolute atomic E-state index is 13.0. The van der Waals surface area contributed by atoms with Crippen molar-refractivity contribution in [1.29, 1.82) is 0 Å². The van der Waals surface area contributed by atoms with Crippen molar-refractivity contribution in [3.8, 4) is 0 Å². The molecule has 0 aromatic carbocycles. The molecule has 0 aromatic heterocycles. The lowest BCUT2D eigenvalue weighted by atomic mass is 9.79. The highest BCUT2D eigenvalue weighted by molar-refractivity contribution is 5.79. The molecule has 0 amide bonds. The highest BCUT2D eigenvalue weighted by Gasteiger charge is 2.75. The first-order valence-electron chi connectivity index (χ1n) is 7.21. The minimum Gasteiger partial charge on any atom is -0.461 e. The second-order valence-corrected chi connectivity index (χ2v) is 6.05. The van der Waals surface area contributed by atoms with E-state index >= 15 is 0 Å². The van der Waals surface area contributed by atoms with Crippen molar-refractivity contribution in [2.45, 2.75) is 64.9 Å². The summed E-state index contributed by atoms with van der Waals surface area (Å²) < 4.78 is 82.6. The Kier molecular flexibility index (Phi) is 5.45. The number of carbonyl (C=O) groups excluding carboxylic acids is 1. The molecule has 8 heteroatoms. The van der Waals surface area contributed by atoms with Crippen LogP contribution in [0.5, 0.6) is 0 Å². The van der Waals surface area contributed by atoms with Crippen LogP contribution in [0.1, 0.15) is 46.5 Å². The van der Waals surface area contributed by atoms with E-state index in [4.69, 9.17) is 0 Å². The third-order valence-electron chi connectivity index (χ3n) is 4.67. The molecule has 0 spiro atoms. The molecule has 1 fully saturated rings. The van der Waals surface area contributed by atoms with Crippen molar-refractivity contribution in [3.05, 3.63) is 0 Å². The van der Waals surface area contributed by atoms with E-state index < -0.39 is 36.3 Å². The average molecular weight is 334 g/mol. The molecule has 0 radical (unpaired) electrons. The minimum absolute atomic E-state index is 0.0827. The summed E-state index contributed by atoms with van der Waals surface area (Å²) in [7, 11) is 0. The summed E-state index contributed by atoms with van der Waals surface area (Å²) in [6.45, 7) is 4.48. The maximum Gasteiger partial charge on any atom is 0.413 e. The quantitative estimate of drug-likeness (QED) is 0.543. The molecule has 22 heavy (non-hydrogen) atoms. The van der Waals surface area contributed by atoms with Gasteiger partial charge in [0.05, 0.1) is 0 Å². The number of esters is 1. The molecule has 1 saturated carbocycles. The van der Waals surface area contributed by atoms with E-state index in [1.165, 1.54) is 0 Å². The third-order valence-corrected chi connectivity index (χ3v) is 4.67. The van der Waals surface area contributed by atoms with Gasteiger partial charge in [-0.1, -0.05) is 20.8 Å². The van der Waals surface area contributed by atoms with Crippen LogP contribution >= 0.6 is 0 Å².